The first-order chi connectivity index (χ1) is 8.86. The van der Waals surface area contributed by atoms with Crippen molar-refractivity contribution in [3.63, 3.8) is 0 Å². The number of hydrogen-bond donors (Lipinski definition) is 1. The van der Waals surface area contributed by atoms with Gasteiger partial charge in [0.1, 0.15) is 11.4 Å². The Labute approximate surface area is 110 Å². The largest absolute Gasteiger partial charge is 0.480 e. The summed E-state index contributed by atoms with van der Waals surface area (Å²) in [6, 6.07) is 0. The SMILES string of the molecule is CCOC(=O)C(Cc1nonc1C)(C(=O)O)C(C)C. The number of carboxylic acids is 1. The molecule has 0 bridgehead atoms. The predicted octanol–water partition coefficient (Wildman–Crippen LogP) is 1.21. The van der Waals surface area contributed by atoms with Crippen LogP contribution >= 0.6 is 0 Å². The normalized spacial score (nSPS) is 14.2. The van der Waals surface area contributed by atoms with Gasteiger partial charge in [0, 0.05) is 6.42 Å². The number of esters is 1. The Bertz CT molecular complexity index is 468. The Morgan fingerprint density at radius 1 is 1.42 bits per heavy atom. The number of aryl methyl sites for hydroxylation is 1. The lowest BCUT2D eigenvalue weighted by atomic mass is 9.73. The Morgan fingerprint density at radius 3 is 2.42 bits per heavy atom. The standard InChI is InChI=1S/C12H18N2O5/c1-5-18-11(17)12(7(2)3,10(15)16)6-9-8(4)13-19-14-9/h7H,5-6H2,1-4H3,(H,15,16). The van der Waals surface area contributed by atoms with Crippen molar-refractivity contribution in [1.82, 2.24) is 10.3 Å². The predicted molar refractivity (Wildman–Crippen MR) is 64.3 cm³/mol. The van der Waals surface area contributed by atoms with Crippen molar-refractivity contribution in [1.29, 1.82) is 0 Å². The molecule has 19 heavy (non-hydrogen) atoms. The number of carbonyl (C=O) groups is 2. The van der Waals surface area contributed by atoms with Crippen molar-refractivity contribution in [2.45, 2.75) is 34.1 Å². The van der Waals surface area contributed by atoms with Gasteiger partial charge in [-0.25, -0.2) is 4.63 Å². The zero-order chi connectivity index (χ0) is 14.6. The van der Waals surface area contributed by atoms with Crippen molar-refractivity contribution in [2.75, 3.05) is 6.61 Å². The van der Waals surface area contributed by atoms with Crippen LogP contribution in [0.5, 0.6) is 0 Å². The molecule has 0 aliphatic heterocycles. The fraction of sp³-hybridized carbons (Fsp3) is 0.667. The average Bonchev–Trinajstić information content (AvgIpc) is 2.70. The molecule has 1 N–H and O–H groups in total. The van der Waals surface area contributed by atoms with Crippen molar-refractivity contribution in [3.05, 3.63) is 11.4 Å². The minimum absolute atomic E-state index is 0.103. The van der Waals surface area contributed by atoms with E-state index < -0.39 is 23.3 Å². The second-order valence-corrected chi connectivity index (χ2v) is 4.62. The number of aliphatic carboxylic acids is 1. The van der Waals surface area contributed by atoms with Crippen LogP contribution < -0.4 is 0 Å². The molecule has 0 fully saturated rings. The van der Waals surface area contributed by atoms with Gasteiger partial charge >= 0.3 is 11.9 Å². The molecule has 1 aromatic rings. The number of ether oxygens (including phenoxy) is 1. The first kappa shape index (κ1) is 15.1. The highest BCUT2D eigenvalue weighted by Gasteiger charge is 2.51. The first-order valence-corrected chi connectivity index (χ1v) is 6.04. The number of carboxylic acid groups (broad SMARTS) is 1. The third kappa shape index (κ3) is 2.74. The van der Waals surface area contributed by atoms with E-state index in [1.54, 1.807) is 27.7 Å². The fourth-order valence-corrected chi connectivity index (χ4v) is 1.86. The smallest absolute Gasteiger partial charge is 0.324 e. The van der Waals surface area contributed by atoms with Crippen LogP contribution in [0.25, 0.3) is 0 Å². The number of rotatable bonds is 6. The molecule has 1 heterocycles. The maximum Gasteiger partial charge on any atom is 0.324 e. The van der Waals surface area contributed by atoms with E-state index in [9.17, 15) is 14.7 Å². The van der Waals surface area contributed by atoms with Crippen LogP contribution in [0.4, 0.5) is 0 Å². The van der Waals surface area contributed by atoms with Crippen LogP contribution in [0.1, 0.15) is 32.2 Å². The highest BCUT2D eigenvalue weighted by atomic mass is 16.6. The third-order valence-corrected chi connectivity index (χ3v) is 3.20. The molecule has 7 nitrogen and oxygen atoms in total. The van der Waals surface area contributed by atoms with E-state index in [4.69, 9.17) is 4.74 Å². The minimum atomic E-state index is -1.68. The summed E-state index contributed by atoms with van der Waals surface area (Å²) in [5.74, 6) is -2.46. The Balaban J connectivity index is 3.21. The van der Waals surface area contributed by atoms with Crippen molar-refractivity contribution in [2.24, 2.45) is 11.3 Å². The highest BCUT2D eigenvalue weighted by Crippen LogP contribution is 2.34. The lowest BCUT2D eigenvalue weighted by Crippen LogP contribution is -2.47. The van der Waals surface area contributed by atoms with Crippen molar-refractivity contribution < 1.29 is 24.1 Å². The van der Waals surface area contributed by atoms with Crippen LogP contribution in [0, 0.1) is 18.3 Å². The molecule has 7 heteroatoms. The molecule has 0 spiro atoms. The number of nitrogens with zero attached hydrogens (tertiary/aromatic N) is 2. The van der Waals surface area contributed by atoms with Gasteiger partial charge < -0.3 is 9.84 Å². The second-order valence-electron chi connectivity index (χ2n) is 4.62. The van der Waals surface area contributed by atoms with E-state index in [-0.39, 0.29) is 13.0 Å². The Kier molecular flexibility index (Phi) is 4.63. The van der Waals surface area contributed by atoms with Gasteiger partial charge in [-0.15, -0.1) is 0 Å². The van der Waals surface area contributed by atoms with Gasteiger partial charge in [-0.3, -0.25) is 9.59 Å². The van der Waals surface area contributed by atoms with Crippen LogP contribution in [-0.2, 0) is 20.7 Å². The lowest BCUT2D eigenvalue weighted by Gasteiger charge is -2.30. The maximum atomic E-state index is 12.1. The van der Waals surface area contributed by atoms with Crippen molar-refractivity contribution >= 4 is 11.9 Å². The lowest BCUT2D eigenvalue weighted by molar-refractivity contribution is -0.172. The van der Waals surface area contributed by atoms with Gasteiger partial charge in [0.2, 0.25) is 0 Å². The molecular weight excluding hydrogens is 252 g/mol. The maximum absolute atomic E-state index is 12.1. The fourth-order valence-electron chi connectivity index (χ4n) is 1.86. The van der Waals surface area contributed by atoms with E-state index in [1.807, 2.05) is 0 Å². The number of carbonyl (C=O) groups excluding carboxylic acids is 1. The van der Waals surface area contributed by atoms with Crippen LogP contribution in [0.2, 0.25) is 0 Å². The topological polar surface area (TPSA) is 103 Å². The van der Waals surface area contributed by atoms with E-state index in [0.717, 1.165) is 0 Å². The summed E-state index contributed by atoms with van der Waals surface area (Å²) < 4.78 is 9.47. The van der Waals surface area contributed by atoms with Gasteiger partial charge in [-0.05, 0) is 19.8 Å². The number of hydrogen-bond acceptors (Lipinski definition) is 6. The third-order valence-electron chi connectivity index (χ3n) is 3.20. The van der Waals surface area contributed by atoms with Crippen LogP contribution in [0.15, 0.2) is 4.63 Å². The Hall–Kier alpha value is -1.92. The summed E-state index contributed by atoms with van der Waals surface area (Å²) in [5.41, 5.74) is -0.862. The highest BCUT2D eigenvalue weighted by molar-refractivity contribution is 5.99. The molecule has 0 aromatic carbocycles. The molecule has 1 rings (SSSR count). The summed E-state index contributed by atoms with van der Waals surface area (Å²) in [6.07, 6.45) is -0.103. The van der Waals surface area contributed by atoms with Gasteiger partial charge in [0.15, 0.2) is 5.41 Å². The first-order valence-electron chi connectivity index (χ1n) is 6.04. The van der Waals surface area contributed by atoms with E-state index in [0.29, 0.717) is 11.4 Å². The molecule has 0 aliphatic carbocycles. The van der Waals surface area contributed by atoms with Gasteiger partial charge in [0.25, 0.3) is 0 Å². The van der Waals surface area contributed by atoms with Gasteiger partial charge in [0.05, 0.1) is 6.61 Å². The van der Waals surface area contributed by atoms with E-state index in [2.05, 4.69) is 14.9 Å². The summed E-state index contributed by atoms with van der Waals surface area (Å²) in [5, 5.41) is 16.7. The van der Waals surface area contributed by atoms with E-state index in [1.165, 1.54) is 0 Å². The molecule has 1 atom stereocenters. The zero-order valence-corrected chi connectivity index (χ0v) is 11.5. The minimum Gasteiger partial charge on any atom is -0.480 e. The van der Waals surface area contributed by atoms with Crippen LogP contribution in [0.3, 0.4) is 0 Å². The molecule has 106 valence electrons. The summed E-state index contributed by atoms with van der Waals surface area (Å²) in [6.45, 7) is 6.72. The molecular formula is C12H18N2O5. The van der Waals surface area contributed by atoms with Gasteiger partial charge in [-0.2, -0.15) is 0 Å². The summed E-state index contributed by atoms with van der Waals surface area (Å²) in [7, 11) is 0. The monoisotopic (exact) mass is 270 g/mol. The second kappa shape index (κ2) is 5.81. The quantitative estimate of drug-likeness (QED) is 0.612. The number of aromatic nitrogens is 2. The summed E-state index contributed by atoms with van der Waals surface area (Å²) in [4.78, 5) is 23.7. The van der Waals surface area contributed by atoms with E-state index >= 15 is 0 Å². The molecule has 1 unspecified atom stereocenters. The van der Waals surface area contributed by atoms with Crippen LogP contribution in [-0.4, -0.2) is 34.0 Å². The summed E-state index contributed by atoms with van der Waals surface area (Å²) >= 11 is 0. The average molecular weight is 270 g/mol. The van der Waals surface area contributed by atoms with Crippen molar-refractivity contribution in [3.8, 4) is 0 Å². The Morgan fingerprint density at radius 2 is 2.05 bits per heavy atom. The molecule has 0 aliphatic rings. The van der Waals surface area contributed by atoms with Gasteiger partial charge in [-0.1, -0.05) is 24.2 Å². The molecule has 1 aromatic heterocycles. The molecule has 0 amide bonds. The zero-order valence-electron chi connectivity index (χ0n) is 11.5. The molecule has 0 radical (unpaired) electrons. The molecule has 0 saturated heterocycles. The molecule has 0 saturated carbocycles.